The van der Waals surface area contributed by atoms with E-state index in [9.17, 15) is 4.79 Å². The van der Waals surface area contributed by atoms with Gasteiger partial charge in [0.1, 0.15) is 0 Å². The van der Waals surface area contributed by atoms with Crippen LogP contribution in [0.5, 0.6) is 0 Å². The van der Waals surface area contributed by atoms with E-state index in [2.05, 4.69) is 0 Å². The number of benzene rings is 1. The number of carbonyl (C=O) groups is 1. The van der Waals surface area contributed by atoms with E-state index < -0.39 is 0 Å². The zero-order chi connectivity index (χ0) is 9.68. The Kier molecular flexibility index (Phi) is 3.53. The Morgan fingerprint density at radius 1 is 1.54 bits per heavy atom. The second-order valence-electron chi connectivity index (χ2n) is 2.46. The number of Topliss-reactive ketones (excluding diaryl/α,β-unsaturated/α-hetero) is 1. The molecular formula is C10H9NOS. The Bertz CT molecular complexity index is 354. The molecule has 1 aromatic rings. The van der Waals surface area contributed by atoms with Crippen LogP contribution in [0.4, 0.5) is 0 Å². The second kappa shape index (κ2) is 4.68. The minimum atomic E-state index is -0.104. The predicted molar refractivity (Wildman–Crippen MR) is 52.8 cm³/mol. The molecule has 0 unspecified atom stereocenters. The van der Waals surface area contributed by atoms with Gasteiger partial charge in [-0.15, -0.1) is 11.8 Å². The number of hydrogen-bond donors (Lipinski definition) is 0. The molecule has 0 aliphatic carbocycles. The largest absolute Gasteiger partial charge is 0.293 e. The molecular weight excluding hydrogens is 182 g/mol. The van der Waals surface area contributed by atoms with Crippen LogP contribution in [0, 0.1) is 11.3 Å². The molecule has 0 radical (unpaired) electrons. The Hall–Kier alpha value is -1.27. The van der Waals surface area contributed by atoms with Crippen LogP contribution in [0.1, 0.15) is 16.8 Å². The van der Waals surface area contributed by atoms with Crippen molar-refractivity contribution >= 4 is 17.5 Å². The molecule has 0 saturated heterocycles. The number of nitriles is 1. The lowest BCUT2D eigenvalue weighted by atomic mass is 10.1. The zero-order valence-electron chi connectivity index (χ0n) is 7.28. The first-order valence-electron chi connectivity index (χ1n) is 3.82. The van der Waals surface area contributed by atoms with Crippen molar-refractivity contribution in [1.29, 1.82) is 5.26 Å². The topological polar surface area (TPSA) is 40.9 Å². The van der Waals surface area contributed by atoms with Crippen molar-refractivity contribution in [1.82, 2.24) is 0 Å². The first-order chi connectivity index (χ1) is 6.29. The molecule has 1 rings (SSSR count). The molecule has 0 N–H and O–H groups in total. The fourth-order valence-corrected chi connectivity index (χ4v) is 1.66. The summed E-state index contributed by atoms with van der Waals surface area (Å²) >= 11 is 1.52. The van der Waals surface area contributed by atoms with Crippen LogP contribution >= 0.6 is 11.8 Å². The number of nitrogens with zero attached hydrogens (tertiary/aromatic N) is 1. The molecule has 0 spiro atoms. The monoisotopic (exact) mass is 191 g/mol. The Balaban J connectivity index is 3.00. The number of thioether (sulfide) groups is 1. The summed E-state index contributed by atoms with van der Waals surface area (Å²) < 4.78 is 0. The maximum atomic E-state index is 11.4. The molecule has 0 bridgehead atoms. The fraction of sp³-hybridized carbons (Fsp3) is 0.200. The summed E-state index contributed by atoms with van der Waals surface area (Å²) in [4.78, 5) is 12.3. The maximum Gasteiger partial charge on any atom is 0.178 e. The molecule has 0 atom stereocenters. The van der Waals surface area contributed by atoms with Gasteiger partial charge in [-0.25, -0.2) is 0 Å². The summed E-state index contributed by atoms with van der Waals surface area (Å²) in [5.74, 6) is -0.104. The zero-order valence-corrected chi connectivity index (χ0v) is 8.10. The molecule has 2 nitrogen and oxygen atoms in total. The quantitative estimate of drug-likeness (QED) is 0.544. The molecule has 0 aliphatic rings. The molecule has 0 amide bonds. The Labute approximate surface area is 81.6 Å². The summed E-state index contributed by atoms with van der Waals surface area (Å²) in [5.41, 5.74) is 0.650. The minimum Gasteiger partial charge on any atom is -0.293 e. The van der Waals surface area contributed by atoms with Crippen LogP contribution in [0.15, 0.2) is 29.2 Å². The lowest BCUT2D eigenvalue weighted by Gasteiger charge is -2.02. The van der Waals surface area contributed by atoms with Crippen LogP contribution in [0.3, 0.4) is 0 Å². The van der Waals surface area contributed by atoms with E-state index in [1.165, 1.54) is 11.8 Å². The molecule has 0 heterocycles. The predicted octanol–water partition coefficient (Wildman–Crippen LogP) is 2.50. The van der Waals surface area contributed by atoms with Crippen molar-refractivity contribution < 1.29 is 4.79 Å². The highest BCUT2D eigenvalue weighted by molar-refractivity contribution is 7.98. The van der Waals surface area contributed by atoms with Crippen LogP contribution < -0.4 is 0 Å². The smallest absolute Gasteiger partial charge is 0.178 e. The van der Waals surface area contributed by atoms with Gasteiger partial charge in [0, 0.05) is 10.5 Å². The molecule has 0 aromatic heterocycles. The highest BCUT2D eigenvalue weighted by Gasteiger charge is 2.08. The van der Waals surface area contributed by atoms with Crippen molar-refractivity contribution in [3.63, 3.8) is 0 Å². The summed E-state index contributed by atoms with van der Waals surface area (Å²) in [6.45, 7) is 0. The molecule has 66 valence electrons. The van der Waals surface area contributed by atoms with Gasteiger partial charge < -0.3 is 0 Å². The number of hydrogen-bond acceptors (Lipinski definition) is 3. The van der Waals surface area contributed by atoms with Gasteiger partial charge in [-0.2, -0.15) is 5.26 Å². The summed E-state index contributed by atoms with van der Waals surface area (Å²) in [5, 5.41) is 8.38. The van der Waals surface area contributed by atoms with E-state index in [0.29, 0.717) is 5.56 Å². The first kappa shape index (κ1) is 9.82. The van der Waals surface area contributed by atoms with Crippen molar-refractivity contribution in [3.05, 3.63) is 29.8 Å². The Morgan fingerprint density at radius 2 is 2.23 bits per heavy atom. The van der Waals surface area contributed by atoms with E-state index in [0.717, 1.165) is 4.90 Å². The highest BCUT2D eigenvalue weighted by atomic mass is 32.2. The molecule has 0 fully saturated rings. The van der Waals surface area contributed by atoms with Gasteiger partial charge in [0.2, 0.25) is 0 Å². The normalized spacial score (nSPS) is 9.23. The molecule has 0 aliphatic heterocycles. The first-order valence-corrected chi connectivity index (χ1v) is 5.05. The van der Waals surface area contributed by atoms with Gasteiger partial charge in [0.25, 0.3) is 0 Å². The maximum absolute atomic E-state index is 11.4. The van der Waals surface area contributed by atoms with Gasteiger partial charge >= 0.3 is 0 Å². The molecule has 1 aromatic carbocycles. The van der Waals surface area contributed by atoms with Crippen LogP contribution in [0.2, 0.25) is 0 Å². The Morgan fingerprint density at radius 3 is 2.85 bits per heavy atom. The second-order valence-corrected chi connectivity index (χ2v) is 3.31. The third kappa shape index (κ3) is 2.33. The molecule has 13 heavy (non-hydrogen) atoms. The SMILES string of the molecule is CSc1ccccc1C(=O)CC#N. The average Bonchev–Trinajstić information content (AvgIpc) is 2.18. The van der Waals surface area contributed by atoms with Crippen molar-refractivity contribution in [2.45, 2.75) is 11.3 Å². The summed E-state index contributed by atoms with van der Waals surface area (Å²) in [7, 11) is 0. The van der Waals surface area contributed by atoms with E-state index in [-0.39, 0.29) is 12.2 Å². The van der Waals surface area contributed by atoms with Gasteiger partial charge in [-0.3, -0.25) is 4.79 Å². The third-order valence-electron chi connectivity index (χ3n) is 1.65. The van der Waals surface area contributed by atoms with E-state index in [1.807, 2.05) is 30.5 Å². The van der Waals surface area contributed by atoms with Gasteiger partial charge in [-0.05, 0) is 12.3 Å². The van der Waals surface area contributed by atoms with Gasteiger partial charge in [0.15, 0.2) is 5.78 Å². The van der Waals surface area contributed by atoms with Crippen LogP contribution in [-0.4, -0.2) is 12.0 Å². The van der Waals surface area contributed by atoms with E-state index in [1.54, 1.807) is 6.07 Å². The van der Waals surface area contributed by atoms with Crippen molar-refractivity contribution in [3.8, 4) is 6.07 Å². The highest BCUT2D eigenvalue weighted by Crippen LogP contribution is 2.20. The average molecular weight is 191 g/mol. The number of ketones is 1. The van der Waals surface area contributed by atoms with Crippen molar-refractivity contribution in [2.75, 3.05) is 6.26 Å². The lowest BCUT2D eigenvalue weighted by molar-refractivity contribution is 0.0995. The number of carbonyl (C=O) groups excluding carboxylic acids is 1. The standard InChI is InChI=1S/C10H9NOS/c1-13-10-5-3-2-4-8(10)9(12)6-7-11/h2-5H,6H2,1H3. The minimum absolute atomic E-state index is 0.0441. The molecule has 0 saturated carbocycles. The third-order valence-corrected chi connectivity index (χ3v) is 2.44. The van der Waals surface area contributed by atoms with E-state index in [4.69, 9.17) is 5.26 Å². The molecule has 3 heteroatoms. The van der Waals surface area contributed by atoms with E-state index >= 15 is 0 Å². The van der Waals surface area contributed by atoms with Gasteiger partial charge in [0.05, 0.1) is 12.5 Å². The lowest BCUT2D eigenvalue weighted by Crippen LogP contribution is -1.98. The van der Waals surface area contributed by atoms with Crippen LogP contribution in [0.25, 0.3) is 0 Å². The number of rotatable bonds is 3. The summed E-state index contributed by atoms with van der Waals surface area (Å²) in [6.07, 6.45) is 1.87. The van der Waals surface area contributed by atoms with Crippen LogP contribution in [-0.2, 0) is 0 Å². The van der Waals surface area contributed by atoms with Gasteiger partial charge in [-0.1, -0.05) is 18.2 Å². The summed E-state index contributed by atoms with van der Waals surface area (Å²) in [6, 6.07) is 9.19. The van der Waals surface area contributed by atoms with Crippen molar-refractivity contribution in [2.24, 2.45) is 0 Å². The fourth-order valence-electron chi connectivity index (χ4n) is 1.04.